The zero-order valence-corrected chi connectivity index (χ0v) is 10.4. The van der Waals surface area contributed by atoms with E-state index < -0.39 is 6.10 Å². The molecule has 0 aliphatic rings. The number of aromatic nitrogens is 2. The molecule has 2 aromatic heterocycles. The fraction of sp³-hybridized carbons (Fsp3) is 0.333. The summed E-state index contributed by atoms with van der Waals surface area (Å²) in [5, 5.41) is 12.2. The lowest BCUT2D eigenvalue weighted by atomic mass is 10.2. The van der Waals surface area contributed by atoms with E-state index in [1.165, 1.54) is 11.3 Å². The van der Waals surface area contributed by atoms with Gasteiger partial charge < -0.3 is 5.11 Å². The highest BCUT2D eigenvalue weighted by atomic mass is 32.1. The molecule has 3 nitrogen and oxygen atoms in total. The number of aliphatic hydroxyl groups excluding tert-OH is 1. The topological polar surface area (TPSA) is 46.0 Å². The first-order valence-corrected chi connectivity index (χ1v) is 6.03. The van der Waals surface area contributed by atoms with Crippen molar-refractivity contribution in [1.82, 2.24) is 9.97 Å². The molecule has 1 N–H and O–H groups in total. The molecule has 0 saturated heterocycles. The lowest BCUT2D eigenvalue weighted by Gasteiger charge is -2.02. The maximum atomic E-state index is 9.42. The molecule has 1 unspecified atom stereocenters. The van der Waals surface area contributed by atoms with E-state index in [0.717, 1.165) is 21.8 Å². The van der Waals surface area contributed by atoms with Crippen LogP contribution in [0.25, 0.3) is 10.7 Å². The van der Waals surface area contributed by atoms with Crippen molar-refractivity contribution < 1.29 is 5.11 Å². The average molecular weight is 234 g/mol. The number of hydrogen-bond acceptors (Lipinski definition) is 4. The first-order chi connectivity index (χ1) is 7.58. The van der Waals surface area contributed by atoms with Crippen molar-refractivity contribution >= 4 is 11.3 Å². The van der Waals surface area contributed by atoms with E-state index in [0.29, 0.717) is 5.69 Å². The van der Waals surface area contributed by atoms with E-state index in [-0.39, 0.29) is 0 Å². The van der Waals surface area contributed by atoms with Gasteiger partial charge in [-0.2, -0.15) is 0 Å². The van der Waals surface area contributed by atoms with Gasteiger partial charge in [0.25, 0.3) is 0 Å². The molecule has 0 saturated carbocycles. The predicted octanol–water partition coefficient (Wildman–Crippen LogP) is 2.88. The molecule has 0 radical (unpaired) electrons. The molecule has 2 aromatic rings. The maximum Gasteiger partial charge on any atom is 0.142 e. The number of nitrogens with zero attached hydrogens (tertiary/aromatic N) is 2. The molecule has 0 amide bonds. The Bertz CT molecular complexity index is 505. The molecule has 0 aliphatic heterocycles. The first kappa shape index (κ1) is 11.2. The van der Waals surface area contributed by atoms with Crippen LogP contribution in [0.3, 0.4) is 0 Å². The van der Waals surface area contributed by atoms with Crippen molar-refractivity contribution in [3.05, 3.63) is 34.5 Å². The Labute approximate surface area is 98.8 Å². The Kier molecular flexibility index (Phi) is 3.03. The number of thiazole rings is 1. The molecule has 0 fully saturated rings. The van der Waals surface area contributed by atoms with E-state index in [9.17, 15) is 5.11 Å². The molecule has 84 valence electrons. The van der Waals surface area contributed by atoms with Gasteiger partial charge in [-0.05, 0) is 31.9 Å². The second-order valence-corrected chi connectivity index (χ2v) is 4.79. The van der Waals surface area contributed by atoms with E-state index in [2.05, 4.69) is 16.0 Å². The Morgan fingerprint density at radius 1 is 1.38 bits per heavy atom. The van der Waals surface area contributed by atoms with Crippen LogP contribution in [0.2, 0.25) is 0 Å². The van der Waals surface area contributed by atoms with Crippen molar-refractivity contribution in [2.24, 2.45) is 0 Å². The molecule has 4 heteroatoms. The second kappa shape index (κ2) is 4.31. The van der Waals surface area contributed by atoms with Crippen LogP contribution in [0, 0.1) is 13.8 Å². The summed E-state index contributed by atoms with van der Waals surface area (Å²) in [6, 6.07) is 2.09. The Balaban J connectivity index is 2.42. The fourth-order valence-corrected chi connectivity index (χ4v) is 2.49. The van der Waals surface area contributed by atoms with Crippen LogP contribution < -0.4 is 0 Å². The number of aryl methyl sites for hydroxylation is 2. The van der Waals surface area contributed by atoms with Crippen molar-refractivity contribution in [2.45, 2.75) is 26.9 Å². The van der Waals surface area contributed by atoms with E-state index in [1.807, 2.05) is 25.4 Å². The summed E-state index contributed by atoms with van der Waals surface area (Å²) in [4.78, 5) is 8.76. The summed E-state index contributed by atoms with van der Waals surface area (Å²) in [5.74, 6) is 0. The van der Waals surface area contributed by atoms with Crippen molar-refractivity contribution in [3.63, 3.8) is 0 Å². The third-order valence-corrected chi connectivity index (χ3v) is 3.23. The van der Waals surface area contributed by atoms with Gasteiger partial charge in [0, 0.05) is 11.6 Å². The van der Waals surface area contributed by atoms with Gasteiger partial charge in [-0.1, -0.05) is 6.07 Å². The van der Waals surface area contributed by atoms with Crippen molar-refractivity contribution in [1.29, 1.82) is 0 Å². The molecule has 2 heterocycles. The van der Waals surface area contributed by atoms with Crippen LogP contribution in [-0.4, -0.2) is 15.1 Å². The standard InChI is InChI=1S/C12H14N2OS/c1-7-4-8(2)11(13-5-7)12-14-10(6-16-12)9(3)15/h4-6,9,15H,1-3H3. The van der Waals surface area contributed by atoms with Crippen LogP contribution in [0.5, 0.6) is 0 Å². The lowest BCUT2D eigenvalue weighted by Crippen LogP contribution is -1.92. The summed E-state index contributed by atoms with van der Waals surface area (Å²) < 4.78 is 0. The highest BCUT2D eigenvalue weighted by Gasteiger charge is 2.11. The highest BCUT2D eigenvalue weighted by molar-refractivity contribution is 7.13. The zero-order chi connectivity index (χ0) is 11.7. The number of pyridine rings is 1. The van der Waals surface area contributed by atoms with Crippen molar-refractivity contribution in [3.8, 4) is 10.7 Å². The molecule has 0 aromatic carbocycles. The fourth-order valence-electron chi connectivity index (χ4n) is 1.53. The lowest BCUT2D eigenvalue weighted by molar-refractivity contribution is 0.195. The zero-order valence-electron chi connectivity index (χ0n) is 9.56. The van der Waals surface area contributed by atoms with Gasteiger partial charge in [0.05, 0.1) is 11.8 Å². The van der Waals surface area contributed by atoms with Crippen LogP contribution in [-0.2, 0) is 0 Å². The van der Waals surface area contributed by atoms with E-state index >= 15 is 0 Å². The second-order valence-electron chi connectivity index (χ2n) is 3.93. The minimum Gasteiger partial charge on any atom is -0.387 e. The maximum absolute atomic E-state index is 9.42. The molecule has 16 heavy (non-hydrogen) atoms. The predicted molar refractivity (Wildman–Crippen MR) is 65.5 cm³/mol. The summed E-state index contributed by atoms with van der Waals surface area (Å²) in [5.41, 5.74) is 3.88. The summed E-state index contributed by atoms with van der Waals surface area (Å²) in [6.07, 6.45) is 1.32. The molecular formula is C12H14N2OS. The van der Waals surface area contributed by atoms with Crippen LogP contribution >= 0.6 is 11.3 Å². The van der Waals surface area contributed by atoms with Gasteiger partial charge in [-0.25, -0.2) is 4.98 Å². The van der Waals surface area contributed by atoms with Crippen LogP contribution in [0.1, 0.15) is 29.8 Å². The Hall–Kier alpha value is -1.26. The number of rotatable bonds is 2. The third-order valence-electron chi connectivity index (χ3n) is 2.37. The van der Waals surface area contributed by atoms with E-state index in [1.54, 1.807) is 6.92 Å². The average Bonchev–Trinajstić information content (AvgIpc) is 2.66. The van der Waals surface area contributed by atoms with Gasteiger partial charge in [0.1, 0.15) is 10.7 Å². The monoisotopic (exact) mass is 234 g/mol. The quantitative estimate of drug-likeness (QED) is 0.869. The van der Waals surface area contributed by atoms with Gasteiger partial charge in [0.15, 0.2) is 0 Å². The Morgan fingerprint density at radius 2 is 2.12 bits per heavy atom. The third kappa shape index (κ3) is 2.13. The largest absolute Gasteiger partial charge is 0.387 e. The molecule has 1 atom stereocenters. The smallest absolute Gasteiger partial charge is 0.142 e. The van der Waals surface area contributed by atoms with Crippen molar-refractivity contribution in [2.75, 3.05) is 0 Å². The number of aliphatic hydroxyl groups is 1. The summed E-state index contributed by atoms with van der Waals surface area (Å²) in [6.45, 7) is 5.76. The first-order valence-electron chi connectivity index (χ1n) is 5.15. The van der Waals surface area contributed by atoms with E-state index in [4.69, 9.17) is 0 Å². The highest BCUT2D eigenvalue weighted by Crippen LogP contribution is 2.27. The summed E-state index contributed by atoms with van der Waals surface area (Å²) >= 11 is 1.52. The minimum atomic E-state index is -0.518. The molecule has 2 rings (SSSR count). The normalized spacial score (nSPS) is 12.8. The van der Waals surface area contributed by atoms with Gasteiger partial charge >= 0.3 is 0 Å². The molecule has 0 spiro atoms. The molecule has 0 aliphatic carbocycles. The SMILES string of the molecule is Cc1cnc(-c2nc(C(C)O)cs2)c(C)c1. The molecule has 0 bridgehead atoms. The Morgan fingerprint density at radius 3 is 2.69 bits per heavy atom. The van der Waals surface area contributed by atoms with Gasteiger partial charge in [-0.15, -0.1) is 11.3 Å². The van der Waals surface area contributed by atoms with Gasteiger partial charge in [0.2, 0.25) is 0 Å². The van der Waals surface area contributed by atoms with Crippen LogP contribution in [0.15, 0.2) is 17.6 Å². The number of hydrogen-bond donors (Lipinski definition) is 1. The van der Waals surface area contributed by atoms with Gasteiger partial charge in [-0.3, -0.25) is 4.98 Å². The van der Waals surface area contributed by atoms with Crippen LogP contribution in [0.4, 0.5) is 0 Å². The summed E-state index contributed by atoms with van der Waals surface area (Å²) in [7, 11) is 0. The minimum absolute atomic E-state index is 0.518. The molecular weight excluding hydrogens is 220 g/mol.